The number of aliphatic hydroxyl groups is 2. The number of nitrogens with zero attached hydrogens (tertiary/aromatic N) is 3. The van der Waals surface area contributed by atoms with Gasteiger partial charge in [-0.05, 0) is 19.9 Å². The molecule has 0 aliphatic carbocycles. The van der Waals surface area contributed by atoms with E-state index in [0.29, 0.717) is 0 Å². The van der Waals surface area contributed by atoms with E-state index in [-0.39, 0.29) is 51.1 Å². The highest BCUT2D eigenvalue weighted by atomic mass is 16.7. The smallest absolute Gasteiger partial charge is 0.312 e. The third kappa shape index (κ3) is 8.13. The number of nitrogens with one attached hydrogen (secondary N) is 2. The van der Waals surface area contributed by atoms with Crippen LogP contribution in [0.15, 0.2) is 46.3 Å². The minimum atomic E-state index is -2.06. The Hall–Kier alpha value is -5.65. The molecule has 17 heteroatoms. The molecule has 0 aromatic heterocycles. The largest absolute Gasteiger partial charge is 0.507 e. The van der Waals surface area contributed by atoms with E-state index in [1.807, 2.05) is 0 Å². The summed E-state index contributed by atoms with van der Waals surface area (Å²) in [5, 5.41) is 69.5. The summed E-state index contributed by atoms with van der Waals surface area (Å²) >= 11 is 0. The van der Waals surface area contributed by atoms with Crippen LogP contribution in [0.4, 0.5) is 5.69 Å². The van der Waals surface area contributed by atoms with Crippen molar-refractivity contribution < 1.29 is 58.9 Å². The number of hydrogen-bond donors (Lipinski definition) is 7. The number of benzene rings is 2. The van der Waals surface area contributed by atoms with Gasteiger partial charge in [0.25, 0.3) is 11.7 Å². The normalized spacial score (nSPS) is 31.8. The molecule has 4 heterocycles. The number of Topliss-reactive ketones (excluding diaryl/α,β-unsaturated/α-hetero) is 1. The summed E-state index contributed by atoms with van der Waals surface area (Å²) in [6, 6.07) is 0. The highest BCUT2D eigenvalue weighted by Crippen LogP contribution is 2.55. The Labute approximate surface area is 329 Å². The van der Waals surface area contributed by atoms with Gasteiger partial charge in [-0.15, -0.1) is 0 Å². The minimum absolute atomic E-state index is 0.0346. The van der Waals surface area contributed by atoms with Crippen molar-refractivity contribution in [2.24, 2.45) is 33.9 Å². The number of phenolic OH excluding ortho intramolecular Hbond substituents is 3. The molecule has 57 heavy (non-hydrogen) atoms. The molecule has 0 unspecified atom stereocenters. The molecule has 0 spiro atoms. The van der Waals surface area contributed by atoms with Crippen molar-refractivity contribution in [3.05, 3.63) is 52.8 Å². The molecule has 1 amide bonds. The van der Waals surface area contributed by atoms with Crippen molar-refractivity contribution >= 4 is 46.7 Å². The first-order valence-corrected chi connectivity index (χ1v) is 18.5. The van der Waals surface area contributed by atoms with Crippen molar-refractivity contribution in [1.29, 1.82) is 0 Å². The maximum atomic E-state index is 14.3. The van der Waals surface area contributed by atoms with Gasteiger partial charge >= 0.3 is 11.8 Å². The van der Waals surface area contributed by atoms with E-state index in [1.165, 1.54) is 64.6 Å². The zero-order valence-corrected chi connectivity index (χ0v) is 33.3. The third-order valence-corrected chi connectivity index (χ3v) is 10.9. The van der Waals surface area contributed by atoms with E-state index in [0.717, 1.165) is 6.21 Å². The van der Waals surface area contributed by atoms with Gasteiger partial charge in [0, 0.05) is 61.2 Å². The monoisotopic (exact) mass is 793 g/mol. The number of ketones is 1. The lowest BCUT2D eigenvalue weighted by Gasteiger charge is -2.38. The molecule has 2 aromatic rings. The van der Waals surface area contributed by atoms with Gasteiger partial charge in [-0.1, -0.05) is 45.9 Å². The van der Waals surface area contributed by atoms with Crippen LogP contribution in [0.1, 0.15) is 70.0 Å². The van der Waals surface area contributed by atoms with Gasteiger partial charge in [0.1, 0.15) is 36.4 Å². The summed E-state index contributed by atoms with van der Waals surface area (Å²) in [6.07, 6.45) is 5.96. The molecule has 0 radical (unpaired) electrons. The number of ether oxygens (including phenoxy) is 4. The lowest BCUT2D eigenvalue weighted by atomic mass is 9.78. The number of amides is 1. The van der Waals surface area contributed by atoms with Crippen molar-refractivity contribution in [2.75, 3.05) is 19.1 Å². The van der Waals surface area contributed by atoms with E-state index in [2.05, 4.69) is 20.9 Å². The highest BCUT2D eigenvalue weighted by molar-refractivity contribution is 6.23. The Bertz CT molecular complexity index is 2080. The summed E-state index contributed by atoms with van der Waals surface area (Å²) in [5.41, 5.74) is 2.14. The number of allylic oxidation sites excluding steroid dienone is 2. The Morgan fingerprint density at radius 2 is 1.72 bits per heavy atom. The first kappa shape index (κ1) is 42.5. The van der Waals surface area contributed by atoms with Crippen LogP contribution in [0.5, 0.6) is 23.0 Å². The van der Waals surface area contributed by atoms with Crippen LogP contribution >= 0.6 is 0 Å². The van der Waals surface area contributed by atoms with Gasteiger partial charge in [-0.25, -0.2) is 5.01 Å². The number of carbonyl (C=O) groups is 3. The molecule has 5 bridgehead atoms. The molecular weight excluding hydrogens is 742 g/mol. The highest BCUT2D eigenvalue weighted by Gasteiger charge is 2.50. The number of rotatable bonds is 4. The number of esters is 1. The number of fused-ring (bicyclic) bond motifs is 14. The molecule has 17 nitrogen and oxygen atoms in total. The molecule has 7 N–H and O–H groups in total. The summed E-state index contributed by atoms with van der Waals surface area (Å²) in [7, 11) is 1.43. The van der Waals surface area contributed by atoms with Gasteiger partial charge in [-0.3, -0.25) is 19.8 Å². The zero-order valence-electron chi connectivity index (χ0n) is 33.3. The second kappa shape index (κ2) is 16.8. The SMILES string of the molecule is CO[C@H]1/C=C/O[C@@]2(C)Oc3c(C)c(O)c4c(O)c(c(/C=N/N5C=NNC5)c(O)c4c3C2=O)NC(=O)/C(C)=C\C=C\[C@@H](C)[C@H](O)[C@@H](C)[C@H](O)[C@@H](C)[C@H](OC(C)=O)[C@@H]1C. The Morgan fingerprint density at radius 3 is 2.35 bits per heavy atom. The van der Waals surface area contributed by atoms with E-state index in [4.69, 9.17) is 18.9 Å². The zero-order chi connectivity index (χ0) is 42.1. The number of carbonyl (C=O) groups excluding carboxylic acids is 3. The standard InChI is InChI=1S/C40H51N5O12/c1-18-11-10-12-19(2)39(53)44-30-25(15-43-45-16-41-42-17-45)34(50)27-28(35(30)51)33(49)23(6)37-29(27)38(52)40(8,57-37)55-14-13-26(54-9)20(3)36(56-24(7)46)22(5)32(48)21(4)31(18)47/h10-16,18,20-22,26,31-32,36,42,47-51H,17H2,1-9H3,(H,44,53)/b11-10+,14-13+,19-12-,43-15+/t18-,20-,21-,22-,26+,31+,32+,36-,40+/m1/s1. The van der Waals surface area contributed by atoms with Crippen molar-refractivity contribution in [1.82, 2.24) is 10.4 Å². The lowest BCUT2D eigenvalue weighted by Crippen LogP contribution is -2.46. The molecule has 2 aromatic carbocycles. The summed E-state index contributed by atoms with van der Waals surface area (Å²) in [6.45, 7) is 12.6. The Kier molecular flexibility index (Phi) is 12.5. The molecule has 6 rings (SSSR count). The van der Waals surface area contributed by atoms with Gasteiger partial charge in [-0.2, -0.15) is 10.2 Å². The molecule has 4 aliphatic rings. The number of methoxy groups -OCH3 is 1. The van der Waals surface area contributed by atoms with Crippen LogP contribution in [-0.2, 0) is 23.8 Å². The average Bonchev–Trinajstić information content (AvgIpc) is 3.79. The summed E-state index contributed by atoms with van der Waals surface area (Å²) in [5.74, 6) is -8.61. The second-order valence-corrected chi connectivity index (χ2v) is 14.9. The van der Waals surface area contributed by atoms with Gasteiger partial charge in [0.05, 0.1) is 53.0 Å². The quantitative estimate of drug-likeness (QED) is 0.101. The number of hydrazone groups is 2. The van der Waals surface area contributed by atoms with Gasteiger partial charge < -0.3 is 49.8 Å². The first-order valence-electron chi connectivity index (χ1n) is 18.5. The Balaban J connectivity index is 1.71. The average molecular weight is 794 g/mol. The van der Waals surface area contributed by atoms with Gasteiger partial charge in [0.2, 0.25) is 0 Å². The maximum Gasteiger partial charge on any atom is 0.312 e. The van der Waals surface area contributed by atoms with Gasteiger partial charge in [0.15, 0.2) is 5.75 Å². The molecule has 9 atom stereocenters. The van der Waals surface area contributed by atoms with Crippen LogP contribution < -0.4 is 15.5 Å². The first-order chi connectivity index (χ1) is 26.8. The van der Waals surface area contributed by atoms with E-state index in [9.17, 15) is 39.9 Å². The van der Waals surface area contributed by atoms with Crippen LogP contribution in [-0.4, -0.2) is 105 Å². The maximum absolute atomic E-state index is 14.3. The lowest BCUT2D eigenvalue weighted by molar-refractivity contribution is -0.160. The fourth-order valence-corrected chi connectivity index (χ4v) is 7.34. The van der Waals surface area contributed by atoms with E-state index in [1.54, 1.807) is 39.8 Å². The predicted molar refractivity (Wildman–Crippen MR) is 210 cm³/mol. The molecule has 0 fully saturated rings. The van der Waals surface area contributed by atoms with Crippen LogP contribution in [0, 0.1) is 30.6 Å². The Morgan fingerprint density at radius 1 is 1.02 bits per heavy atom. The number of anilines is 1. The van der Waals surface area contributed by atoms with Crippen molar-refractivity contribution in [3.8, 4) is 23.0 Å². The second-order valence-electron chi connectivity index (χ2n) is 14.9. The number of aliphatic hydroxyl groups excluding tert-OH is 2. The van der Waals surface area contributed by atoms with E-state index >= 15 is 0 Å². The minimum Gasteiger partial charge on any atom is -0.507 e. The summed E-state index contributed by atoms with van der Waals surface area (Å²) in [4.78, 5) is 40.3. The fourth-order valence-electron chi connectivity index (χ4n) is 7.34. The number of phenols is 3. The number of aromatic hydroxyl groups is 3. The molecule has 0 saturated heterocycles. The molecular formula is C40H51N5O12. The van der Waals surface area contributed by atoms with Crippen LogP contribution in [0.3, 0.4) is 0 Å². The fraction of sp³-hybridized carbons (Fsp3) is 0.475. The van der Waals surface area contributed by atoms with Crippen LogP contribution in [0.2, 0.25) is 0 Å². The molecule has 4 aliphatic heterocycles. The van der Waals surface area contributed by atoms with Crippen LogP contribution in [0.25, 0.3) is 10.8 Å². The summed E-state index contributed by atoms with van der Waals surface area (Å²) < 4.78 is 23.5. The van der Waals surface area contributed by atoms with Crippen molar-refractivity contribution in [3.63, 3.8) is 0 Å². The number of hydrogen-bond acceptors (Lipinski definition) is 16. The van der Waals surface area contributed by atoms with E-state index < -0.39 is 88.8 Å². The molecule has 0 saturated carbocycles. The third-order valence-electron chi connectivity index (χ3n) is 10.9. The molecule has 308 valence electrons. The topological polar surface area (TPSA) is 241 Å². The predicted octanol–water partition coefficient (Wildman–Crippen LogP) is 3.89. The van der Waals surface area contributed by atoms with Crippen molar-refractivity contribution in [2.45, 2.75) is 85.6 Å².